The van der Waals surface area contributed by atoms with Crippen LogP contribution in [-0.4, -0.2) is 34.7 Å². The van der Waals surface area contributed by atoms with Crippen molar-refractivity contribution >= 4 is 11.9 Å². The molecule has 0 bridgehead atoms. The second kappa shape index (κ2) is 11.7. The molecule has 5 heteroatoms. The van der Waals surface area contributed by atoms with E-state index in [1.54, 1.807) is 6.92 Å². The number of carbonyl (C=O) groups is 2. The largest absolute Gasteiger partial charge is 0.480 e. The molecule has 0 radical (unpaired) electrons. The third kappa shape index (κ3) is 7.56. The van der Waals surface area contributed by atoms with Crippen molar-refractivity contribution in [3.8, 4) is 0 Å². The first-order valence-electron chi connectivity index (χ1n) is 9.56. The summed E-state index contributed by atoms with van der Waals surface area (Å²) in [5.74, 6) is 0.235. The molecule has 2 rings (SSSR count). The Morgan fingerprint density at radius 3 is 2.12 bits per heavy atom. The van der Waals surface area contributed by atoms with Crippen molar-refractivity contribution in [2.24, 2.45) is 17.8 Å². The number of amides is 1. The van der Waals surface area contributed by atoms with Gasteiger partial charge in [-0.05, 0) is 50.0 Å². The Morgan fingerprint density at radius 1 is 1.12 bits per heavy atom. The number of aliphatic hydroxyl groups excluding tert-OH is 1. The standard InChI is InChI=1S/C19H27NO3.C2H6O/c1-13(2)15-8-10-16(11-9-15)18(21)20-17(19(22)23)12-14-6-4-3-5-7-14;1-2-3/h3-7,13,15-17H,8-12H2,1-2H3,(H,20,21)(H,22,23);3H,2H2,1H3/t15?,16?,17-;/m1./s1. The minimum absolute atomic E-state index is 0.0392. The molecule has 5 nitrogen and oxygen atoms in total. The Bertz CT molecular complexity index is 536. The summed E-state index contributed by atoms with van der Waals surface area (Å²) in [5, 5.41) is 19.7. The predicted molar refractivity (Wildman–Crippen MR) is 103 cm³/mol. The van der Waals surface area contributed by atoms with E-state index in [1.165, 1.54) is 0 Å². The molecular weight excluding hydrogens is 330 g/mol. The smallest absolute Gasteiger partial charge is 0.326 e. The first-order valence-corrected chi connectivity index (χ1v) is 9.56. The van der Waals surface area contributed by atoms with Crippen LogP contribution in [0.2, 0.25) is 0 Å². The molecular formula is C21H33NO4. The lowest BCUT2D eigenvalue weighted by Crippen LogP contribution is -2.45. The van der Waals surface area contributed by atoms with E-state index in [4.69, 9.17) is 5.11 Å². The normalized spacial score (nSPS) is 20.7. The maximum absolute atomic E-state index is 12.4. The van der Waals surface area contributed by atoms with Crippen molar-refractivity contribution in [1.82, 2.24) is 5.32 Å². The number of benzene rings is 1. The van der Waals surface area contributed by atoms with E-state index in [-0.39, 0.29) is 18.4 Å². The van der Waals surface area contributed by atoms with Crippen LogP contribution in [-0.2, 0) is 16.0 Å². The summed E-state index contributed by atoms with van der Waals surface area (Å²) in [6, 6.07) is 8.57. The monoisotopic (exact) mass is 363 g/mol. The molecule has 0 heterocycles. The molecule has 1 aliphatic carbocycles. The molecule has 0 unspecified atom stereocenters. The van der Waals surface area contributed by atoms with Crippen LogP contribution in [0.25, 0.3) is 0 Å². The van der Waals surface area contributed by atoms with Crippen LogP contribution in [0.1, 0.15) is 52.0 Å². The van der Waals surface area contributed by atoms with Crippen molar-refractivity contribution in [2.75, 3.05) is 6.61 Å². The van der Waals surface area contributed by atoms with Gasteiger partial charge >= 0.3 is 5.97 Å². The summed E-state index contributed by atoms with van der Waals surface area (Å²) in [6.45, 7) is 6.39. The van der Waals surface area contributed by atoms with E-state index < -0.39 is 12.0 Å². The summed E-state index contributed by atoms with van der Waals surface area (Å²) in [7, 11) is 0. The van der Waals surface area contributed by atoms with Crippen LogP contribution < -0.4 is 5.32 Å². The second-order valence-corrected chi connectivity index (χ2v) is 7.26. The van der Waals surface area contributed by atoms with Crippen LogP contribution >= 0.6 is 0 Å². The summed E-state index contributed by atoms with van der Waals surface area (Å²) in [5.41, 5.74) is 0.920. The van der Waals surface area contributed by atoms with E-state index >= 15 is 0 Å². The summed E-state index contributed by atoms with van der Waals surface area (Å²) in [6.07, 6.45) is 4.18. The Morgan fingerprint density at radius 2 is 1.65 bits per heavy atom. The molecule has 1 fully saturated rings. The molecule has 146 valence electrons. The van der Waals surface area contributed by atoms with Gasteiger partial charge in [-0.15, -0.1) is 0 Å². The molecule has 1 aromatic rings. The molecule has 1 saturated carbocycles. The molecule has 1 amide bonds. The molecule has 0 aromatic heterocycles. The zero-order valence-corrected chi connectivity index (χ0v) is 16.1. The lowest BCUT2D eigenvalue weighted by Gasteiger charge is -2.30. The summed E-state index contributed by atoms with van der Waals surface area (Å²) >= 11 is 0. The van der Waals surface area contributed by atoms with E-state index in [1.807, 2.05) is 30.3 Å². The minimum Gasteiger partial charge on any atom is -0.480 e. The van der Waals surface area contributed by atoms with Crippen LogP contribution in [0.4, 0.5) is 0 Å². The van der Waals surface area contributed by atoms with Gasteiger partial charge in [0.2, 0.25) is 5.91 Å². The number of aliphatic hydroxyl groups is 1. The van der Waals surface area contributed by atoms with Crippen LogP contribution in [0.3, 0.4) is 0 Å². The highest BCUT2D eigenvalue weighted by Gasteiger charge is 2.30. The van der Waals surface area contributed by atoms with Gasteiger partial charge in [0.25, 0.3) is 0 Å². The molecule has 26 heavy (non-hydrogen) atoms. The SMILES string of the molecule is CC(C)C1CCC(C(=O)N[C@H](Cc2ccccc2)C(=O)O)CC1.CCO. The fourth-order valence-corrected chi connectivity index (χ4v) is 3.39. The highest BCUT2D eigenvalue weighted by atomic mass is 16.4. The van der Waals surface area contributed by atoms with Gasteiger partial charge in [-0.1, -0.05) is 44.2 Å². The van der Waals surface area contributed by atoms with Gasteiger partial charge in [-0.2, -0.15) is 0 Å². The number of nitrogens with one attached hydrogen (secondary N) is 1. The second-order valence-electron chi connectivity index (χ2n) is 7.26. The van der Waals surface area contributed by atoms with Crippen molar-refractivity contribution in [2.45, 2.75) is 58.9 Å². The third-order valence-corrected chi connectivity index (χ3v) is 4.98. The summed E-state index contributed by atoms with van der Waals surface area (Å²) in [4.78, 5) is 23.9. The van der Waals surface area contributed by atoms with Gasteiger partial charge in [0.15, 0.2) is 0 Å². The van der Waals surface area contributed by atoms with Crippen molar-refractivity contribution in [3.05, 3.63) is 35.9 Å². The Hall–Kier alpha value is -1.88. The van der Waals surface area contributed by atoms with Crippen molar-refractivity contribution in [3.63, 3.8) is 0 Å². The Balaban J connectivity index is 0.00000105. The number of aliphatic carboxylic acids is 1. The van der Waals surface area contributed by atoms with Crippen LogP contribution in [0.15, 0.2) is 30.3 Å². The van der Waals surface area contributed by atoms with E-state index in [2.05, 4.69) is 19.2 Å². The molecule has 0 aliphatic heterocycles. The average molecular weight is 363 g/mol. The molecule has 0 saturated heterocycles. The van der Waals surface area contributed by atoms with Gasteiger partial charge in [0.1, 0.15) is 6.04 Å². The van der Waals surface area contributed by atoms with Gasteiger partial charge in [-0.25, -0.2) is 4.79 Å². The van der Waals surface area contributed by atoms with Crippen molar-refractivity contribution in [1.29, 1.82) is 0 Å². The molecule has 0 spiro atoms. The molecule has 1 aromatic carbocycles. The topological polar surface area (TPSA) is 86.6 Å². The van der Waals surface area contributed by atoms with E-state index in [0.29, 0.717) is 18.3 Å². The van der Waals surface area contributed by atoms with E-state index in [0.717, 1.165) is 31.2 Å². The molecule has 1 aliphatic rings. The number of hydrogen-bond acceptors (Lipinski definition) is 3. The first kappa shape index (κ1) is 22.2. The number of carboxylic acid groups (broad SMARTS) is 1. The lowest BCUT2D eigenvalue weighted by atomic mass is 9.76. The molecule has 3 N–H and O–H groups in total. The highest BCUT2D eigenvalue weighted by molar-refractivity contribution is 5.85. The average Bonchev–Trinajstić information content (AvgIpc) is 2.62. The third-order valence-electron chi connectivity index (χ3n) is 4.98. The fraction of sp³-hybridized carbons (Fsp3) is 0.619. The first-order chi connectivity index (χ1) is 12.4. The number of rotatable bonds is 6. The molecule has 1 atom stereocenters. The zero-order valence-electron chi connectivity index (χ0n) is 16.1. The Labute approximate surface area is 156 Å². The van der Waals surface area contributed by atoms with E-state index in [9.17, 15) is 14.7 Å². The van der Waals surface area contributed by atoms with Gasteiger partial charge in [-0.3, -0.25) is 4.79 Å². The number of carbonyl (C=O) groups excluding carboxylic acids is 1. The fourth-order valence-electron chi connectivity index (χ4n) is 3.39. The quantitative estimate of drug-likeness (QED) is 0.724. The maximum atomic E-state index is 12.4. The van der Waals surface area contributed by atoms with Crippen LogP contribution in [0.5, 0.6) is 0 Å². The minimum atomic E-state index is -0.974. The van der Waals surface area contributed by atoms with Gasteiger partial charge in [0, 0.05) is 18.9 Å². The predicted octanol–water partition coefficient (Wildman–Crippen LogP) is 3.26. The van der Waals surface area contributed by atoms with Crippen molar-refractivity contribution < 1.29 is 19.8 Å². The number of carboxylic acids is 1. The highest BCUT2D eigenvalue weighted by Crippen LogP contribution is 2.33. The Kier molecular flexibility index (Phi) is 9.96. The zero-order chi connectivity index (χ0) is 19.5. The van der Waals surface area contributed by atoms with Gasteiger partial charge in [0.05, 0.1) is 0 Å². The summed E-state index contributed by atoms with van der Waals surface area (Å²) < 4.78 is 0. The van der Waals surface area contributed by atoms with Crippen LogP contribution in [0, 0.1) is 17.8 Å². The van der Waals surface area contributed by atoms with Gasteiger partial charge < -0.3 is 15.5 Å². The number of hydrogen-bond donors (Lipinski definition) is 3. The maximum Gasteiger partial charge on any atom is 0.326 e. The lowest BCUT2D eigenvalue weighted by molar-refractivity contribution is -0.142.